The van der Waals surface area contributed by atoms with Crippen molar-refractivity contribution in [2.45, 2.75) is 40.2 Å². The van der Waals surface area contributed by atoms with Crippen LogP contribution >= 0.6 is 11.3 Å². The highest BCUT2D eigenvalue weighted by molar-refractivity contribution is 7.17. The van der Waals surface area contributed by atoms with Crippen LogP contribution in [0.15, 0.2) is 0 Å². The van der Waals surface area contributed by atoms with Crippen LogP contribution in [0.2, 0.25) is 0 Å². The van der Waals surface area contributed by atoms with Crippen molar-refractivity contribution in [3.63, 3.8) is 0 Å². The van der Waals surface area contributed by atoms with Crippen LogP contribution < -0.4 is 5.32 Å². The third-order valence-electron chi connectivity index (χ3n) is 1.86. The van der Waals surface area contributed by atoms with Crippen molar-refractivity contribution in [3.05, 3.63) is 10.7 Å². The molecule has 0 saturated carbocycles. The first-order valence-corrected chi connectivity index (χ1v) is 6.69. The van der Waals surface area contributed by atoms with Crippen LogP contribution in [0.1, 0.15) is 43.2 Å². The van der Waals surface area contributed by atoms with E-state index in [1.54, 1.807) is 34.6 Å². The van der Waals surface area contributed by atoms with Gasteiger partial charge in [0.2, 0.25) is 5.01 Å². The van der Waals surface area contributed by atoms with Gasteiger partial charge in [-0.05, 0) is 34.6 Å². The number of carbonyl (C=O) groups excluding carboxylic acids is 2. The number of rotatable bonds is 3. The number of ether oxygens (including phenoxy) is 2. The monoisotopic (exact) mass is 286 g/mol. The Morgan fingerprint density at radius 3 is 2.53 bits per heavy atom. The van der Waals surface area contributed by atoms with Gasteiger partial charge in [-0.15, -0.1) is 0 Å². The van der Waals surface area contributed by atoms with Gasteiger partial charge in [-0.1, -0.05) is 11.3 Å². The lowest BCUT2D eigenvalue weighted by Crippen LogP contribution is -2.27. The lowest BCUT2D eigenvalue weighted by atomic mass is 10.2. The number of carbonyl (C=O) groups is 2. The van der Waals surface area contributed by atoms with Crippen LogP contribution in [0.25, 0.3) is 0 Å². The molecule has 1 heterocycles. The first-order chi connectivity index (χ1) is 8.73. The van der Waals surface area contributed by atoms with Crippen molar-refractivity contribution >= 4 is 28.4 Å². The average molecular weight is 286 g/mol. The zero-order chi connectivity index (χ0) is 14.6. The molecule has 1 N–H and O–H groups in total. The molecule has 0 fully saturated rings. The van der Waals surface area contributed by atoms with Gasteiger partial charge in [-0.3, -0.25) is 5.32 Å². The predicted octanol–water partition coefficient (Wildman–Crippen LogP) is 2.98. The Bertz CT molecular complexity index is 477. The topological polar surface area (TPSA) is 77.5 Å². The predicted molar refractivity (Wildman–Crippen MR) is 72.7 cm³/mol. The van der Waals surface area contributed by atoms with Gasteiger partial charge in [0.25, 0.3) is 0 Å². The largest absolute Gasteiger partial charge is 0.461 e. The second-order valence-corrected chi connectivity index (χ2v) is 5.78. The minimum absolute atomic E-state index is 0.213. The van der Waals surface area contributed by atoms with E-state index in [2.05, 4.69) is 10.3 Å². The smallest absolute Gasteiger partial charge is 0.412 e. The number of thiazole rings is 1. The highest BCUT2D eigenvalue weighted by atomic mass is 32.1. The van der Waals surface area contributed by atoms with Crippen molar-refractivity contribution in [3.8, 4) is 0 Å². The Morgan fingerprint density at radius 1 is 1.37 bits per heavy atom. The summed E-state index contributed by atoms with van der Waals surface area (Å²) in [5, 5.41) is 3.27. The number of aromatic nitrogens is 1. The standard InChI is InChI=1S/C12H18N2O4S/c1-6-17-10(15)9-13-7(2)8(19-9)14-11(16)18-12(3,4)5/h6H2,1-5H3,(H,14,16). The maximum Gasteiger partial charge on any atom is 0.412 e. The number of anilines is 1. The van der Waals surface area contributed by atoms with E-state index in [0.29, 0.717) is 10.7 Å². The second-order valence-electron chi connectivity index (χ2n) is 4.78. The number of nitrogens with zero attached hydrogens (tertiary/aromatic N) is 1. The van der Waals surface area contributed by atoms with Gasteiger partial charge >= 0.3 is 12.1 Å². The van der Waals surface area contributed by atoms with E-state index < -0.39 is 17.7 Å². The van der Waals surface area contributed by atoms with Gasteiger partial charge in [0.1, 0.15) is 10.6 Å². The number of amides is 1. The molecule has 19 heavy (non-hydrogen) atoms. The van der Waals surface area contributed by atoms with E-state index in [1.807, 2.05) is 0 Å². The van der Waals surface area contributed by atoms with E-state index >= 15 is 0 Å². The fourth-order valence-electron chi connectivity index (χ4n) is 1.19. The number of hydrogen-bond acceptors (Lipinski definition) is 6. The van der Waals surface area contributed by atoms with Gasteiger partial charge in [0, 0.05) is 0 Å². The molecule has 0 aliphatic rings. The molecular weight excluding hydrogens is 268 g/mol. The summed E-state index contributed by atoms with van der Waals surface area (Å²) in [6.45, 7) is 9.03. The van der Waals surface area contributed by atoms with E-state index in [4.69, 9.17) is 9.47 Å². The van der Waals surface area contributed by atoms with Crippen LogP contribution in [0.4, 0.5) is 9.80 Å². The first kappa shape index (κ1) is 15.4. The maximum atomic E-state index is 11.6. The first-order valence-electron chi connectivity index (χ1n) is 5.87. The van der Waals surface area contributed by atoms with Crippen LogP contribution in [0.3, 0.4) is 0 Å². The van der Waals surface area contributed by atoms with E-state index in [1.165, 1.54) is 0 Å². The van der Waals surface area contributed by atoms with Crippen LogP contribution in [0.5, 0.6) is 0 Å². The molecule has 6 nitrogen and oxygen atoms in total. The molecule has 1 amide bonds. The normalized spacial score (nSPS) is 11.0. The van der Waals surface area contributed by atoms with Crippen LogP contribution in [-0.2, 0) is 9.47 Å². The summed E-state index contributed by atoms with van der Waals surface area (Å²) in [7, 11) is 0. The quantitative estimate of drug-likeness (QED) is 0.864. The molecule has 1 aromatic heterocycles. The third kappa shape index (κ3) is 4.86. The van der Waals surface area contributed by atoms with Crippen LogP contribution in [-0.4, -0.2) is 29.3 Å². The Kier molecular flexibility index (Phi) is 4.88. The maximum absolute atomic E-state index is 11.6. The molecule has 1 rings (SSSR count). The van der Waals surface area contributed by atoms with E-state index in [9.17, 15) is 9.59 Å². The van der Waals surface area contributed by atoms with E-state index in [-0.39, 0.29) is 11.6 Å². The van der Waals surface area contributed by atoms with Gasteiger partial charge in [-0.25, -0.2) is 14.6 Å². The van der Waals surface area contributed by atoms with Gasteiger partial charge < -0.3 is 9.47 Å². The fraction of sp³-hybridized carbons (Fsp3) is 0.583. The minimum atomic E-state index is -0.577. The SMILES string of the molecule is CCOC(=O)c1nc(C)c(NC(=O)OC(C)(C)C)s1. The molecule has 0 aliphatic heterocycles. The molecule has 0 saturated heterocycles. The van der Waals surface area contributed by atoms with Gasteiger partial charge in [0.15, 0.2) is 0 Å². The van der Waals surface area contributed by atoms with E-state index in [0.717, 1.165) is 11.3 Å². The lowest BCUT2D eigenvalue weighted by molar-refractivity contribution is 0.0525. The third-order valence-corrected chi connectivity index (χ3v) is 2.91. The number of aryl methyl sites for hydroxylation is 1. The minimum Gasteiger partial charge on any atom is -0.461 e. The van der Waals surface area contributed by atoms with Crippen molar-refractivity contribution in [1.82, 2.24) is 4.98 Å². The fourth-order valence-corrected chi connectivity index (χ4v) is 2.03. The van der Waals surface area contributed by atoms with Crippen molar-refractivity contribution in [2.75, 3.05) is 11.9 Å². The average Bonchev–Trinajstić information content (AvgIpc) is 2.58. The summed E-state index contributed by atoms with van der Waals surface area (Å²) in [6, 6.07) is 0. The lowest BCUT2D eigenvalue weighted by Gasteiger charge is -2.19. The zero-order valence-corrected chi connectivity index (χ0v) is 12.5. The molecule has 106 valence electrons. The molecule has 0 unspecified atom stereocenters. The molecular formula is C12H18N2O4S. The summed E-state index contributed by atoms with van der Waals surface area (Å²) < 4.78 is 9.97. The van der Waals surface area contributed by atoms with Crippen LogP contribution in [0, 0.1) is 6.92 Å². The highest BCUT2D eigenvalue weighted by Gasteiger charge is 2.20. The second kappa shape index (κ2) is 6.01. The Balaban J connectivity index is 2.75. The number of esters is 1. The van der Waals surface area contributed by atoms with Gasteiger partial charge in [-0.2, -0.15) is 0 Å². The summed E-state index contributed by atoms with van der Waals surface area (Å²) in [6.07, 6.45) is -0.574. The zero-order valence-electron chi connectivity index (χ0n) is 11.7. The number of hydrogen-bond donors (Lipinski definition) is 1. The molecule has 0 bridgehead atoms. The molecule has 0 aromatic carbocycles. The Labute approximate surface area is 116 Å². The molecule has 0 spiro atoms. The summed E-state index contributed by atoms with van der Waals surface area (Å²) in [5.74, 6) is -0.493. The highest BCUT2D eigenvalue weighted by Crippen LogP contribution is 2.25. The summed E-state index contributed by atoms with van der Waals surface area (Å²) in [5.41, 5.74) is -0.0222. The Morgan fingerprint density at radius 2 is 2.00 bits per heavy atom. The van der Waals surface area contributed by atoms with Gasteiger partial charge in [0.05, 0.1) is 12.3 Å². The number of nitrogens with one attached hydrogen (secondary N) is 1. The molecule has 0 aliphatic carbocycles. The Hall–Kier alpha value is -1.63. The molecule has 7 heteroatoms. The van der Waals surface area contributed by atoms with Crippen molar-refractivity contribution < 1.29 is 19.1 Å². The summed E-state index contributed by atoms with van der Waals surface area (Å²) >= 11 is 1.06. The van der Waals surface area contributed by atoms with Crippen molar-refractivity contribution in [1.29, 1.82) is 0 Å². The molecule has 0 radical (unpaired) electrons. The molecule has 0 atom stereocenters. The molecule has 1 aromatic rings. The summed E-state index contributed by atoms with van der Waals surface area (Å²) in [4.78, 5) is 27.2. The van der Waals surface area contributed by atoms with Crippen molar-refractivity contribution in [2.24, 2.45) is 0 Å².